The van der Waals surface area contributed by atoms with Gasteiger partial charge in [-0.15, -0.1) is 10.2 Å². The maximum Gasteiger partial charge on any atom is 0.296 e. The first-order valence-corrected chi connectivity index (χ1v) is 15.1. The minimum atomic E-state index is -4.11. The van der Waals surface area contributed by atoms with Crippen LogP contribution >= 0.6 is 11.6 Å². The van der Waals surface area contributed by atoms with Crippen LogP contribution in [0.4, 0.5) is 28.6 Å². The molecule has 43 heavy (non-hydrogen) atoms. The lowest BCUT2D eigenvalue weighted by Gasteiger charge is -2.24. The summed E-state index contributed by atoms with van der Waals surface area (Å²) in [5, 5.41) is 37.9. The Labute approximate surface area is 253 Å². The van der Waals surface area contributed by atoms with Crippen LogP contribution < -0.4 is 10.2 Å². The van der Waals surface area contributed by atoms with Gasteiger partial charge in [0.15, 0.2) is 5.82 Å². The van der Waals surface area contributed by atoms with Gasteiger partial charge in [-0.25, -0.2) is 4.68 Å². The van der Waals surface area contributed by atoms with Gasteiger partial charge in [-0.1, -0.05) is 32.4 Å². The normalized spacial score (nSPS) is 11.9. The zero-order chi connectivity index (χ0) is 32.1. The van der Waals surface area contributed by atoms with E-state index in [-0.39, 0.29) is 45.6 Å². The van der Waals surface area contributed by atoms with Gasteiger partial charge in [0.1, 0.15) is 23.0 Å². The number of nitrogens with one attached hydrogen (secondary N) is 1. The van der Waals surface area contributed by atoms with Gasteiger partial charge < -0.3 is 10.2 Å². The van der Waals surface area contributed by atoms with E-state index in [4.69, 9.17) is 16.2 Å². The number of azo groups is 1. The molecule has 0 atom stereocenters. The van der Waals surface area contributed by atoms with E-state index in [1.54, 1.807) is 18.2 Å². The van der Waals surface area contributed by atoms with Gasteiger partial charge in [0.05, 0.1) is 22.1 Å². The highest BCUT2D eigenvalue weighted by Crippen LogP contribution is 2.38. The fourth-order valence-electron chi connectivity index (χ4n) is 4.23. The van der Waals surface area contributed by atoms with Crippen molar-refractivity contribution in [3.05, 3.63) is 62.8 Å². The second kappa shape index (κ2) is 13.3. The maximum atomic E-state index is 12.0. The molecule has 2 aromatic carbocycles. The SMILES string of the molecule is CCN(CCCS(=O)(=O)O)c1ccc(/N=N/c2c(C#N)c(C(C)(C)C)nn2-c2ccc(Cl)cc2[N+](=O)[O-])c(NC(C)=O)c1. The Morgan fingerprint density at radius 1 is 1.26 bits per heavy atom. The van der Waals surface area contributed by atoms with Crippen molar-refractivity contribution in [3.63, 3.8) is 0 Å². The number of carbonyl (C=O) groups is 1. The van der Waals surface area contributed by atoms with Crippen LogP contribution in [0.25, 0.3) is 5.69 Å². The smallest absolute Gasteiger partial charge is 0.296 e. The molecule has 228 valence electrons. The molecule has 1 heterocycles. The molecule has 1 amide bonds. The summed E-state index contributed by atoms with van der Waals surface area (Å²) in [5.41, 5.74) is 0.583. The molecule has 3 rings (SSSR count). The number of carbonyl (C=O) groups excluding carboxylic acids is 1. The number of anilines is 2. The summed E-state index contributed by atoms with van der Waals surface area (Å²) in [7, 11) is -4.11. The van der Waals surface area contributed by atoms with E-state index in [1.165, 1.54) is 29.8 Å². The van der Waals surface area contributed by atoms with Crippen LogP contribution in [0.5, 0.6) is 0 Å². The second-order valence-electron chi connectivity index (χ2n) is 10.5. The monoisotopic (exact) mass is 630 g/mol. The summed E-state index contributed by atoms with van der Waals surface area (Å²) in [5.74, 6) is -0.848. The van der Waals surface area contributed by atoms with Gasteiger partial charge >= 0.3 is 0 Å². The van der Waals surface area contributed by atoms with E-state index < -0.39 is 32.1 Å². The zero-order valence-electron chi connectivity index (χ0n) is 24.2. The van der Waals surface area contributed by atoms with Gasteiger partial charge in [0.25, 0.3) is 15.8 Å². The topological polar surface area (TPSA) is 196 Å². The van der Waals surface area contributed by atoms with Gasteiger partial charge in [-0.2, -0.15) is 18.8 Å². The second-order valence-corrected chi connectivity index (χ2v) is 12.5. The number of amides is 1. The number of rotatable bonds is 11. The first-order valence-electron chi connectivity index (χ1n) is 13.1. The Balaban J connectivity index is 2.16. The first-order chi connectivity index (χ1) is 20.1. The number of aromatic nitrogens is 2. The van der Waals surface area contributed by atoms with Crippen molar-refractivity contribution in [2.24, 2.45) is 10.2 Å². The quantitative estimate of drug-likeness (QED) is 0.109. The van der Waals surface area contributed by atoms with Gasteiger partial charge in [0.2, 0.25) is 5.91 Å². The number of nitrogens with zero attached hydrogens (tertiary/aromatic N) is 7. The molecule has 2 N–H and O–H groups in total. The zero-order valence-corrected chi connectivity index (χ0v) is 25.8. The van der Waals surface area contributed by atoms with Crippen LogP contribution in [0, 0.1) is 21.4 Å². The summed E-state index contributed by atoms with van der Waals surface area (Å²) < 4.78 is 32.5. The Bertz CT molecular complexity index is 1720. The summed E-state index contributed by atoms with van der Waals surface area (Å²) in [6, 6.07) is 11.0. The molecule has 0 unspecified atom stereocenters. The van der Waals surface area contributed by atoms with Crippen molar-refractivity contribution in [2.75, 3.05) is 29.1 Å². The summed E-state index contributed by atoms with van der Waals surface area (Å²) >= 11 is 6.01. The molecule has 0 fully saturated rings. The molecular formula is C27H31ClN8O6S. The van der Waals surface area contributed by atoms with Crippen molar-refractivity contribution in [1.29, 1.82) is 5.26 Å². The van der Waals surface area contributed by atoms with Crippen molar-refractivity contribution in [1.82, 2.24) is 9.78 Å². The lowest BCUT2D eigenvalue weighted by atomic mass is 9.90. The number of nitro benzene ring substituents is 1. The van der Waals surface area contributed by atoms with Gasteiger partial charge in [0, 0.05) is 42.2 Å². The average Bonchev–Trinajstić information content (AvgIpc) is 3.28. The van der Waals surface area contributed by atoms with Gasteiger partial charge in [-0.3, -0.25) is 19.5 Å². The predicted octanol–water partition coefficient (Wildman–Crippen LogP) is 6.08. The Hall–Kier alpha value is -4.39. The summed E-state index contributed by atoms with van der Waals surface area (Å²) in [6.45, 7) is 9.51. The van der Waals surface area contributed by atoms with E-state index in [2.05, 4.69) is 26.7 Å². The van der Waals surface area contributed by atoms with E-state index in [0.29, 0.717) is 24.5 Å². The minimum absolute atomic E-state index is 0.0243. The molecule has 0 bridgehead atoms. The van der Waals surface area contributed by atoms with Crippen LogP contribution in [0.2, 0.25) is 5.02 Å². The number of nitro groups is 1. The molecular weight excluding hydrogens is 600 g/mol. The predicted molar refractivity (Wildman–Crippen MR) is 162 cm³/mol. The highest BCUT2D eigenvalue weighted by Gasteiger charge is 2.30. The van der Waals surface area contributed by atoms with Crippen LogP contribution in [-0.2, 0) is 20.3 Å². The van der Waals surface area contributed by atoms with Gasteiger partial charge in [-0.05, 0) is 43.7 Å². The van der Waals surface area contributed by atoms with E-state index >= 15 is 0 Å². The standard InChI is InChI=1S/C27H31ClN8O6S/c1-6-34(12-7-13-43(40,41)42)19-9-10-21(22(15-19)30-17(2)37)31-32-26-20(16-29)25(27(3,4)5)33-35(26)23-11-8-18(28)14-24(23)36(38)39/h8-11,14-15H,6-7,12-13H2,1-5H3,(H,30,37)(H,40,41,42)/b32-31+. The molecule has 0 saturated heterocycles. The molecule has 0 aliphatic rings. The molecule has 0 spiro atoms. The molecule has 16 heteroatoms. The van der Waals surface area contributed by atoms with Crippen LogP contribution in [0.15, 0.2) is 46.6 Å². The van der Waals surface area contributed by atoms with Crippen LogP contribution in [0.1, 0.15) is 52.3 Å². The molecule has 0 aliphatic carbocycles. The van der Waals surface area contributed by atoms with Crippen molar-refractivity contribution >= 4 is 56.2 Å². The highest BCUT2D eigenvalue weighted by molar-refractivity contribution is 7.85. The lowest BCUT2D eigenvalue weighted by molar-refractivity contribution is -0.384. The lowest BCUT2D eigenvalue weighted by Crippen LogP contribution is -2.25. The summed E-state index contributed by atoms with van der Waals surface area (Å²) in [6.07, 6.45) is 0.178. The fourth-order valence-corrected chi connectivity index (χ4v) is 4.89. The molecule has 1 aromatic heterocycles. The summed E-state index contributed by atoms with van der Waals surface area (Å²) in [4.78, 5) is 25.1. The average molecular weight is 631 g/mol. The van der Waals surface area contributed by atoms with Crippen LogP contribution in [0.3, 0.4) is 0 Å². The number of hydrogen-bond acceptors (Lipinski definition) is 10. The maximum absolute atomic E-state index is 12.0. The Kier molecular flexibility index (Phi) is 10.2. The molecule has 0 radical (unpaired) electrons. The first kappa shape index (κ1) is 33.1. The highest BCUT2D eigenvalue weighted by atomic mass is 35.5. The molecule has 3 aromatic rings. The largest absolute Gasteiger partial charge is 0.372 e. The third kappa shape index (κ3) is 8.34. The number of halogens is 1. The van der Waals surface area contributed by atoms with E-state index in [1.807, 2.05) is 32.6 Å². The number of nitriles is 1. The van der Waals surface area contributed by atoms with Crippen LogP contribution in [-0.4, -0.2) is 52.4 Å². The van der Waals surface area contributed by atoms with Crippen molar-refractivity contribution in [2.45, 2.75) is 46.5 Å². The van der Waals surface area contributed by atoms with E-state index in [9.17, 15) is 28.6 Å². The van der Waals surface area contributed by atoms with Crippen molar-refractivity contribution in [3.8, 4) is 11.8 Å². The Morgan fingerprint density at radius 3 is 2.51 bits per heavy atom. The fraction of sp³-hybridized carbons (Fsp3) is 0.370. The minimum Gasteiger partial charge on any atom is -0.372 e. The molecule has 14 nitrogen and oxygen atoms in total. The van der Waals surface area contributed by atoms with E-state index in [0.717, 1.165) is 0 Å². The number of hydrogen-bond donors (Lipinski definition) is 2. The Morgan fingerprint density at radius 2 is 1.95 bits per heavy atom. The molecule has 0 aliphatic heterocycles. The number of benzene rings is 2. The third-order valence-corrected chi connectivity index (χ3v) is 7.21. The molecule has 0 saturated carbocycles. The van der Waals surface area contributed by atoms with Crippen molar-refractivity contribution < 1.29 is 22.7 Å². The third-order valence-electron chi connectivity index (χ3n) is 6.17.